The minimum absolute atomic E-state index is 0.0464. The van der Waals surface area contributed by atoms with Crippen LogP contribution in [0, 0.1) is 17.7 Å². The maximum atomic E-state index is 13.1. The van der Waals surface area contributed by atoms with Gasteiger partial charge in [-0.05, 0) is 30.7 Å². The Morgan fingerprint density at radius 2 is 2.39 bits per heavy atom. The van der Waals surface area contributed by atoms with E-state index in [9.17, 15) is 9.18 Å². The third-order valence-corrected chi connectivity index (χ3v) is 1.91. The number of hydrogen-bond donors (Lipinski definition) is 0. The van der Waals surface area contributed by atoms with Gasteiger partial charge in [0, 0.05) is 10.5 Å². The molecule has 92 valence electrons. The second kappa shape index (κ2) is 6.94. The van der Waals surface area contributed by atoms with Crippen LogP contribution in [-0.2, 0) is 4.74 Å². The molecule has 1 aromatic carbocycles. The Labute approximate surface area is 103 Å². The zero-order chi connectivity index (χ0) is 13.4. The topological polar surface area (TPSA) is 75.1 Å². The molecule has 0 saturated heterocycles. The molecule has 0 spiro atoms. The molecule has 0 amide bonds. The van der Waals surface area contributed by atoms with Crippen LogP contribution in [0.3, 0.4) is 0 Å². The Morgan fingerprint density at radius 3 is 3.06 bits per heavy atom. The minimum atomic E-state index is -0.564. The number of carbonyl (C=O) groups excluding carboxylic acids is 1. The van der Waals surface area contributed by atoms with Crippen LogP contribution in [0.2, 0.25) is 0 Å². The molecule has 0 atom stereocenters. The van der Waals surface area contributed by atoms with Crippen molar-refractivity contribution in [2.75, 3.05) is 13.2 Å². The van der Waals surface area contributed by atoms with Gasteiger partial charge >= 0.3 is 5.97 Å². The van der Waals surface area contributed by atoms with Crippen molar-refractivity contribution in [1.82, 2.24) is 0 Å². The highest BCUT2D eigenvalue weighted by Crippen LogP contribution is 2.11. The second-order valence-corrected chi connectivity index (χ2v) is 3.10. The zero-order valence-electron chi connectivity index (χ0n) is 9.68. The lowest BCUT2D eigenvalue weighted by Gasteiger charge is -2.04. The molecule has 0 unspecified atom stereocenters. The van der Waals surface area contributed by atoms with E-state index in [0.29, 0.717) is 0 Å². The van der Waals surface area contributed by atoms with Crippen LogP contribution in [0.4, 0.5) is 4.39 Å². The van der Waals surface area contributed by atoms with Gasteiger partial charge in [-0.2, -0.15) is 0 Å². The van der Waals surface area contributed by atoms with E-state index in [1.165, 1.54) is 6.07 Å². The fraction of sp³-hybridized carbons (Fsp3) is 0.250. The molecule has 0 bridgehead atoms. The van der Waals surface area contributed by atoms with Gasteiger partial charge in [0.05, 0.1) is 18.7 Å². The SMILES string of the molecule is CCOC(=O)c1ccc(F)cc1C#CCN=[N+]=[N-]. The lowest BCUT2D eigenvalue weighted by Crippen LogP contribution is -2.07. The van der Waals surface area contributed by atoms with E-state index in [0.717, 1.165) is 12.1 Å². The van der Waals surface area contributed by atoms with E-state index in [4.69, 9.17) is 10.3 Å². The molecule has 0 aliphatic heterocycles. The lowest BCUT2D eigenvalue weighted by molar-refractivity contribution is 0.0526. The standard InChI is InChI=1S/C12H10FN3O2/c1-2-18-12(17)11-6-5-10(13)8-9(11)4-3-7-15-16-14/h5-6,8H,2,7H2,1H3. The van der Waals surface area contributed by atoms with E-state index in [1.807, 2.05) is 0 Å². The lowest BCUT2D eigenvalue weighted by atomic mass is 10.1. The average molecular weight is 247 g/mol. The monoisotopic (exact) mass is 247 g/mol. The molecule has 0 fully saturated rings. The predicted molar refractivity (Wildman–Crippen MR) is 63.2 cm³/mol. The van der Waals surface area contributed by atoms with Gasteiger partial charge in [0.25, 0.3) is 0 Å². The van der Waals surface area contributed by atoms with Crippen LogP contribution < -0.4 is 0 Å². The summed E-state index contributed by atoms with van der Waals surface area (Å²) in [5.74, 6) is 4.03. The first-order valence-electron chi connectivity index (χ1n) is 5.15. The smallest absolute Gasteiger partial charge is 0.339 e. The van der Waals surface area contributed by atoms with Crippen LogP contribution in [0.15, 0.2) is 23.3 Å². The number of benzene rings is 1. The van der Waals surface area contributed by atoms with Crippen molar-refractivity contribution in [1.29, 1.82) is 0 Å². The third kappa shape index (κ3) is 3.81. The number of halogens is 1. The highest BCUT2D eigenvalue weighted by Gasteiger charge is 2.11. The third-order valence-electron chi connectivity index (χ3n) is 1.91. The Kier molecular flexibility index (Phi) is 5.23. The molecule has 0 N–H and O–H groups in total. The number of azide groups is 1. The summed E-state index contributed by atoms with van der Waals surface area (Å²) in [4.78, 5) is 14.1. The highest BCUT2D eigenvalue weighted by molar-refractivity contribution is 5.92. The summed E-state index contributed by atoms with van der Waals surface area (Å²) in [6.07, 6.45) is 0. The summed E-state index contributed by atoms with van der Waals surface area (Å²) in [7, 11) is 0. The van der Waals surface area contributed by atoms with E-state index in [1.54, 1.807) is 6.92 Å². The van der Waals surface area contributed by atoms with Crippen LogP contribution in [0.25, 0.3) is 10.4 Å². The molecule has 5 nitrogen and oxygen atoms in total. The molecule has 0 radical (unpaired) electrons. The van der Waals surface area contributed by atoms with Crippen molar-refractivity contribution in [3.8, 4) is 11.8 Å². The Morgan fingerprint density at radius 1 is 1.61 bits per heavy atom. The van der Waals surface area contributed by atoms with Crippen molar-refractivity contribution < 1.29 is 13.9 Å². The molecular formula is C12H10FN3O2. The summed E-state index contributed by atoms with van der Waals surface area (Å²) in [5.41, 5.74) is 8.47. The number of esters is 1. The van der Waals surface area contributed by atoms with Crippen molar-refractivity contribution in [2.45, 2.75) is 6.92 Å². The van der Waals surface area contributed by atoms with Gasteiger partial charge < -0.3 is 4.74 Å². The number of carbonyl (C=O) groups is 1. The number of rotatable bonds is 3. The van der Waals surface area contributed by atoms with Crippen molar-refractivity contribution >= 4 is 5.97 Å². The van der Waals surface area contributed by atoms with Gasteiger partial charge in [-0.25, -0.2) is 9.18 Å². The minimum Gasteiger partial charge on any atom is -0.462 e. The van der Waals surface area contributed by atoms with Crippen molar-refractivity contribution in [3.63, 3.8) is 0 Å². The van der Waals surface area contributed by atoms with Crippen LogP contribution in [0.1, 0.15) is 22.8 Å². The molecular weight excluding hydrogens is 237 g/mol. The fourth-order valence-electron chi connectivity index (χ4n) is 1.21. The van der Waals surface area contributed by atoms with Gasteiger partial charge in [0.2, 0.25) is 0 Å². The quantitative estimate of drug-likeness (QED) is 0.271. The molecule has 18 heavy (non-hydrogen) atoms. The van der Waals surface area contributed by atoms with Gasteiger partial charge in [0.1, 0.15) is 5.82 Å². The fourth-order valence-corrected chi connectivity index (χ4v) is 1.21. The molecule has 0 aliphatic rings. The molecule has 0 aliphatic carbocycles. The van der Waals surface area contributed by atoms with Crippen molar-refractivity contribution in [3.05, 3.63) is 45.6 Å². The number of hydrogen-bond acceptors (Lipinski definition) is 3. The molecule has 0 heterocycles. The van der Waals surface area contributed by atoms with Crippen LogP contribution in [0.5, 0.6) is 0 Å². The van der Waals surface area contributed by atoms with E-state index in [2.05, 4.69) is 21.9 Å². The average Bonchev–Trinajstić information content (AvgIpc) is 2.35. The van der Waals surface area contributed by atoms with Crippen molar-refractivity contribution in [2.24, 2.45) is 5.11 Å². The summed E-state index contributed by atoms with van der Waals surface area (Å²) in [6, 6.07) is 3.60. The maximum absolute atomic E-state index is 13.1. The molecule has 0 saturated carbocycles. The Balaban J connectivity index is 3.06. The first-order valence-corrected chi connectivity index (χ1v) is 5.15. The first-order chi connectivity index (χ1) is 8.69. The van der Waals surface area contributed by atoms with Gasteiger partial charge in [-0.15, -0.1) is 0 Å². The Bertz CT molecular complexity index is 554. The summed E-state index contributed by atoms with van der Waals surface area (Å²) < 4.78 is 17.9. The normalized spacial score (nSPS) is 8.78. The Hall–Kier alpha value is -2.51. The summed E-state index contributed by atoms with van der Waals surface area (Å²) >= 11 is 0. The molecule has 0 aromatic heterocycles. The van der Waals surface area contributed by atoms with Gasteiger partial charge in [0.15, 0.2) is 0 Å². The molecule has 1 aromatic rings. The van der Waals surface area contributed by atoms with E-state index < -0.39 is 11.8 Å². The van der Waals surface area contributed by atoms with Gasteiger partial charge in [-0.1, -0.05) is 17.0 Å². The number of ether oxygens (including phenoxy) is 1. The summed E-state index contributed by atoms with van der Waals surface area (Å²) in [5, 5.41) is 3.22. The molecule has 6 heteroatoms. The predicted octanol–water partition coefficient (Wildman–Crippen LogP) is 2.66. The second-order valence-electron chi connectivity index (χ2n) is 3.10. The maximum Gasteiger partial charge on any atom is 0.339 e. The van der Waals surface area contributed by atoms with Crippen LogP contribution >= 0.6 is 0 Å². The first kappa shape index (κ1) is 13.6. The zero-order valence-corrected chi connectivity index (χ0v) is 9.68. The highest BCUT2D eigenvalue weighted by atomic mass is 19.1. The largest absolute Gasteiger partial charge is 0.462 e. The van der Waals surface area contributed by atoms with Crippen LogP contribution in [-0.4, -0.2) is 19.1 Å². The number of nitrogens with zero attached hydrogens (tertiary/aromatic N) is 3. The van der Waals surface area contributed by atoms with E-state index in [-0.39, 0.29) is 24.3 Å². The molecule has 1 rings (SSSR count). The van der Waals surface area contributed by atoms with Gasteiger partial charge in [-0.3, -0.25) is 0 Å². The summed E-state index contributed by atoms with van der Waals surface area (Å²) in [6.45, 7) is 1.85. The van der Waals surface area contributed by atoms with E-state index >= 15 is 0 Å².